The third-order valence-corrected chi connectivity index (χ3v) is 4.20. The van der Waals surface area contributed by atoms with Crippen molar-refractivity contribution in [2.24, 2.45) is 5.92 Å². The highest BCUT2D eigenvalue weighted by Crippen LogP contribution is 2.34. The van der Waals surface area contributed by atoms with Gasteiger partial charge in [-0.15, -0.1) is 0 Å². The molecule has 1 aliphatic heterocycles. The maximum atomic E-state index is 10.5. The van der Waals surface area contributed by atoms with Crippen LogP contribution in [0.25, 0.3) is 0 Å². The minimum Gasteiger partial charge on any atom is -0.486 e. The van der Waals surface area contributed by atoms with E-state index in [1.54, 1.807) is 0 Å². The predicted octanol–water partition coefficient (Wildman–Crippen LogP) is 2.26. The van der Waals surface area contributed by atoms with Crippen molar-refractivity contribution in [3.63, 3.8) is 0 Å². The van der Waals surface area contributed by atoms with Crippen LogP contribution in [0.2, 0.25) is 0 Å². The molecule has 21 heavy (non-hydrogen) atoms. The minimum atomic E-state index is -0.610. The van der Waals surface area contributed by atoms with Gasteiger partial charge >= 0.3 is 0 Å². The summed E-state index contributed by atoms with van der Waals surface area (Å²) >= 11 is 0. The molecule has 0 fully saturated rings. The highest BCUT2D eigenvalue weighted by Gasteiger charge is 2.23. The molecule has 1 aromatic rings. The van der Waals surface area contributed by atoms with E-state index in [2.05, 4.69) is 14.5 Å². The molecule has 1 heterocycles. The third-order valence-electron chi connectivity index (χ3n) is 3.50. The quantitative estimate of drug-likeness (QED) is 0.623. The van der Waals surface area contributed by atoms with Gasteiger partial charge in [0.15, 0.2) is 11.5 Å². The molecule has 0 amide bonds. The van der Waals surface area contributed by atoms with Crippen LogP contribution in [0.3, 0.4) is 0 Å². The molecule has 118 valence electrons. The molecule has 5 nitrogen and oxygen atoms in total. The first-order valence-corrected chi connectivity index (χ1v) is 7.70. The number of hydrogen-bond acceptors (Lipinski definition) is 5. The van der Waals surface area contributed by atoms with E-state index in [1.807, 2.05) is 39.0 Å². The van der Waals surface area contributed by atoms with Gasteiger partial charge in [-0.05, 0) is 31.5 Å². The third kappa shape index (κ3) is 4.30. The second-order valence-electron chi connectivity index (χ2n) is 5.79. The average molecular weight is 313 g/mol. The van der Waals surface area contributed by atoms with Crippen LogP contribution < -0.4 is 14.6 Å². The minimum absolute atomic E-state index is 0.0369. The second kappa shape index (κ2) is 6.93. The van der Waals surface area contributed by atoms with Crippen molar-refractivity contribution < 1.29 is 19.3 Å². The summed E-state index contributed by atoms with van der Waals surface area (Å²) in [5, 5.41) is 13.5. The number of aliphatic hydroxyl groups excluding tert-OH is 1. The van der Waals surface area contributed by atoms with E-state index >= 15 is 0 Å². The molecule has 3 atom stereocenters. The lowest BCUT2D eigenvalue weighted by Gasteiger charge is -2.28. The Bertz CT molecular complexity index is 481. The molecule has 6 heteroatoms. The van der Waals surface area contributed by atoms with Gasteiger partial charge in [-0.25, -0.2) is 0 Å². The van der Waals surface area contributed by atoms with Crippen LogP contribution in [0.4, 0.5) is 0 Å². The lowest BCUT2D eigenvalue weighted by Crippen LogP contribution is -2.37. The van der Waals surface area contributed by atoms with Gasteiger partial charge in [0, 0.05) is 5.92 Å². The second-order valence-corrected chi connectivity index (χ2v) is 6.08. The molecular weight excluding hydrogens is 289 g/mol. The van der Waals surface area contributed by atoms with Gasteiger partial charge in [-0.1, -0.05) is 22.4 Å². The predicted molar refractivity (Wildman–Crippen MR) is 84.4 cm³/mol. The van der Waals surface area contributed by atoms with E-state index in [4.69, 9.17) is 14.2 Å². The fourth-order valence-corrected chi connectivity index (χ4v) is 2.13. The number of benzene rings is 1. The van der Waals surface area contributed by atoms with Crippen molar-refractivity contribution in [3.8, 4) is 11.5 Å². The standard InChI is InChI=1S/C15H24NO4P/c1-10(9-20-15(2,3)16-21)14(17)11-4-5-12-13(8-11)19-7-6-18-12/h4-5,8,10,14,16-17H,6-7,9,21H2,1-3H3/t10-,14+/m1/s1. The smallest absolute Gasteiger partial charge is 0.161 e. The molecule has 2 N–H and O–H groups in total. The summed E-state index contributed by atoms with van der Waals surface area (Å²) in [6.45, 7) is 7.38. The summed E-state index contributed by atoms with van der Waals surface area (Å²) in [6, 6.07) is 5.55. The maximum absolute atomic E-state index is 10.5. The zero-order valence-corrected chi connectivity index (χ0v) is 13.9. The zero-order valence-electron chi connectivity index (χ0n) is 12.8. The number of rotatable bonds is 6. The van der Waals surface area contributed by atoms with Crippen LogP contribution in [-0.2, 0) is 4.74 Å². The van der Waals surface area contributed by atoms with Crippen molar-refractivity contribution in [3.05, 3.63) is 23.8 Å². The highest BCUT2D eigenvalue weighted by molar-refractivity contribution is 7.13. The Balaban J connectivity index is 2.00. The Labute approximate surface area is 128 Å². The van der Waals surface area contributed by atoms with Crippen LogP contribution in [-0.4, -0.2) is 30.7 Å². The molecule has 0 radical (unpaired) electrons. The number of nitrogens with one attached hydrogen (secondary N) is 1. The first kappa shape index (κ1) is 16.5. The summed E-state index contributed by atoms with van der Waals surface area (Å²) in [7, 11) is 2.44. The van der Waals surface area contributed by atoms with Gasteiger partial charge in [0.05, 0.1) is 12.7 Å². The van der Waals surface area contributed by atoms with Crippen molar-refractivity contribution >= 4 is 9.39 Å². The normalized spacial score (nSPS) is 17.4. The largest absolute Gasteiger partial charge is 0.486 e. The van der Waals surface area contributed by atoms with Crippen molar-refractivity contribution in [1.82, 2.24) is 5.09 Å². The molecule has 0 saturated carbocycles. The van der Waals surface area contributed by atoms with Gasteiger partial charge in [-0.3, -0.25) is 5.09 Å². The Morgan fingerprint density at radius 2 is 2.00 bits per heavy atom. The van der Waals surface area contributed by atoms with Crippen LogP contribution in [0.1, 0.15) is 32.4 Å². The number of aliphatic hydroxyl groups is 1. The Morgan fingerprint density at radius 1 is 1.33 bits per heavy atom. The monoisotopic (exact) mass is 313 g/mol. The number of fused-ring (bicyclic) bond motifs is 1. The van der Waals surface area contributed by atoms with Gasteiger partial charge in [0.2, 0.25) is 0 Å². The van der Waals surface area contributed by atoms with E-state index in [9.17, 15) is 5.11 Å². The molecule has 1 aromatic carbocycles. The molecule has 0 spiro atoms. The van der Waals surface area contributed by atoms with Crippen LogP contribution in [0.15, 0.2) is 18.2 Å². The number of ether oxygens (including phenoxy) is 3. The van der Waals surface area contributed by atoms with E-state index < -0.39 is 11.8 Å². The van der Waals surface area contributed by atoms with Crippen molar-refractivity contribution in [1.29, 1.82) is 0 Å². The molecule has 0 aliphatic carbocycles. The zero-order chi connectivity index (χ0) is 15.5. The molecule has 1 unspecified atom stereocenters. The van der Waals surface area contributed by atoms with E-state index in [1.165, 1.54) is 0 Å². The Morgan fingerprint density at radius 3 is 2.67 bits per heavy atom. The fraction of sp³-hybridized carbons (Fsp3) is 0.600. The molecule has 0 aromatic heterocycles. The highest BCUT2D eigenvalue weighted by atomic mass is 31.0. The summed E-state index contributed by atoms with van der Waals surface area (Å²) in [5.41, 5.74) is 0.373. The maximum Gasteiger partial charge on any atom is 0.161 e. The summed E-state index contributed by atoms with van der Waals surface area (Å²) < 4.78 is 16.8. The molecule has 0 bridgehead atoms. The average Bonchev–Trinajstić information content (AvgIpc) is 2.51. The van der Waals surface area contributed by atoms with Crippen molar-refractivity contribution in [2.75, 3.05) is 19.8 Å². The van der Waals surface area contributed by atoms with Gasteiger partial charge in [0.25, 0.3) is 0 Å². The Hall–Kier alpha value is -0.870. The molecule has 0 saturated heterocycles. The summed E-state index contributed by atoms with van der Waals surface area (Å²) in [4.78, 5) is 0. The fourth-order valence-electron chi connectivity index (χ4n) is 2.05. The van der Waals surface area contributed by atoms with E-state index in [0.29, 0.717) is 25.6 Å². The van der Waals surface area contributed by atoms with Gasteiger partial charge in [-0.2, -0.15) is 0 Å². The van der Waals surface area contributed by atoms with E-state index in [-0.39, 0.29) is 5.92 Å². The molecular formula is C15H24NO4P. The van der Waals surface area contributed by atoms with Gasteiger partial charge < -0.3 is 19.3 Å². The number of hydrogen-bond donors (Lipinski definition) is 2. The lowest BCUT2D eigenvalue weighted by atomic mass is 9.97. The van der Waals surface area contributed by atoms with Crippen LogP contribution >= 0.6 is 9.39 Å². The van der Waals surface area contributed by atoms with Gasteiger partial charge in [0.1, 0.15) is 18.9 Å². The first-order valence-electron chi connectivity index (χ1n) is 7.12. The van der Waals surface area contributed by atoms with E-state index in [0.717, 1.165) is 11.3 Å². The SMILES string of the molecule is C[C@H](COC(C)(C)NP)[C@H](O)c1ccc2c(c1)OCCO2. The van der Waals surface area contributed by atoms with Crippen LogP contribution in [0.5, 0.6) is 11.5 Å². The Kier molecular flexibility index (Phi) is 5.44. The molecule has 1 aliphatic rings. The van der Waals surface area contributed by atoms with Crippen LogP contribution in [0, 0.1) is 5.92 Å². The summed E-state index contributed by atoms with van der Waals surface area (Å²) in [6.07, 6.45) is -0.610. The summed E-state index contributed by atoms with van der Waals surface area (Å²) in [5.74, 6) is 1.39. The van der Waals surface area contributed by atoms with Crippen molar-refractivity contribution in [2.45, 2.75) is 32.6 Å². The molecule has 2 rings (SSSR count). The first-order chi connectivity index (χ1) is 9.93. The topological polar surface area (TPSA) is 60.0 Å². The lowest BCUT2D eigenvalue weighted by molar-refractivity contribution is -0.0596.